The Morgan fingerprint density at radius 3 is 1.83 bits per heavy atom. The molecular formula is C27H27F7N4O3. The summed E-state index contributed by atoms with van der Waals surface area (Å²) in [5, 5.41) is 0. The highest BCUT2D eigenvalue weighted by Gasteiger charge is 2.45. The molecular weight excluding hydrogens is 561 g/mol. The number of hydrogen-bond donors (Lipinski definition) is 0. The van der Waals surface area contributed by atoms with Crippen molar-refractivity contribution in [1.29, 1.82) is 0 Å². The third-order valence-corrected chi connectivity index (χ3v) is 7.62. The molecule has 2 saturated heterocycles. The maximum atomic E-state index is 13.6. The molecule has 7 nitrogen and oxygen atoms in total. The number of nitrogens with zero attached hydrogens (tertiary/aromatic N) is 4. The highest BCUT2D eigenvalue weighted by atomic mass is 19.4. The van der Waals surface area contributed by atoms with Crippen molar-refractivity contribution in [2.24, 2.45) is 5.92 Å². The summed E-state index contributed by atoms with van der Waals surface area (Å²) in [5.41, 5.74) is -3.16. The van der Waals surface area contributed by atoms with Crippen LogP contribution in [0.25, 0.3) is 0 Å². The van der Waals surface area contributed by atoms with Gasteiger partial charge in [-0.25, -0.2) is 9.18 Å². The van der Waals surface area contributed by atoms with E-state index in [1.807, 2.05) is 0 Å². The van der Waals surface area contributed by atoms with Crippen LogP contribution >= 0.6 is 0 Å². The van der Waals surface area contributed by atoms with Crippen LogP contribution in [0.3, 0.4) is 0 Å². The molecule has 0 aliphatic carbocycles. The first kappa shape index (κ1) is 30.1. The van der Waals surface area contributed by atoms with Crippen molar-refractivity contribution < 1.29 is 45.1 Å². The zero-order valence-electron chi connectivity index (χ0n) is 22.3. The van der Waals surface area contributed by atoms with Gasteiger partial charge in [-0.1, -0.05) is 12.1 Å². The Kier molecular flexibility index (Phi) is 7.98. The quantitative estimate of drug-likeness (QED) is 0.482. The van der Waals surface area contributed by atoms with E-state index in [1.54, 1.807) is 0 Å². The number of urea groups is 1. The Morgan fingerprint density at radius 2 is 1.34 bits per heavy atom. The molecule has 2 unspecified atom stereocenters. The first-order valence-electron chi connectivity index (χ1n) is 12.6. The van der Waals surface area contributed by atoms with Crippen LogP contribution in [0.2, 0.25) is 0 Å². The molecule has 4 rings (SSSR count). The summed E-state index contributed by atoms with van der Waals surface area (Å²) in [6.07, 6.45) is -10.2. The zero-order chi connectivity index (χ0) is 30.4. The summed E-state index contributed by atoms with van der Waals surface area (Å²) in [5.74, 6) is -1.91. The number of halogens is 7. The molecule has 0 saturated carbocycles. The lowest BCUT2D eigenvalue weighted by Crippen LogP contribution is -2.56. The lowest BCUT2D eigenvalue weighted by molar-refractivity contribution is -0.147. The van der Waals surface area contributed by atoms with Crippen molar-refractivity contribution in [3.8, 4) is 0 Å². The summed E-state index contributed by atoms with van der Waals surface area (Å²) in [4.78, 5) is 43.0. The lowest BCUT2D eigenvalue weighted by Gasteiger charge is -2.39. The van der Waals surface area contributed by atoms with Crippen molar-refractivity contribution in [3.05, 3.63) is 65.0 Å². The molecule has 2 aliphatic rings. The average molecular weight is 589 g/mol. The van der Waals surface area contributed by atoms with E-state index in [4.69, 9.17) is 0 Å². The highest BCUT2D eigenvalue weighted by molar-refractivity contribution is 5.92. The maximum absolute atomic E-state index is 13.6. The van der Waals surface area contributed by atoms with Gasteiger partial charge in [0.25, 0.3) is 0 Å². The van der Waals surface area contributed by atoms with Gasteiger partial charge in [0.15, 0.2) is 0 Å². The van der Waals surface area contributed by atoms with Gasteiger partial charge in [0, 0.05) is 58.8 Å². The van der Waals surface area contributed by atoms with E-state index in [9.17, 15) is 45.1 Å². The Hall–Kier alpha value is -3.84. The first-order valence-corrected chi connectivity index (χ1v) is 12.6. The number of amides is 4. The molecule has 0 radical (unpaired) electrons. The fourth-order valence-electron chi connectivity index (χ4n) is 5.17. The van der Waals surface area contributed by atoms with Crippen molar-refractivity contribution in [2.75, 3.05) is 45.2 Å². The van der Waals surface area contributed by atoms with Crippen LogP contribution in [-0.2, 0) is 21.9 Å². The van der Waals surface area contributed by atoms with Crippen LogP contribution in [0.1, 0.15) is 29.5 Å². The van der Waals surface area contributed by atoms with Crippen LogP contribution in [-0.4, -0.2) is 78.9 Å². The summed E-state index contributed by atoms with van der Waals surface area (Å²) < 4.78 is 94.0. The van der Waals surface area contributed by atoms with Crippen LogP contribution < -0.4 is 4.90 Å². The average Bonchev–Trinajstić information content (AvgIpc) is 3.31. The van der Waals surface area contributed by atoms with E-state index < -0.39 is 58.9 Å². The Labute approximate surface area is 231 Å². The van der Waals surface area contributed by atoms with Gasteiger partial charge in [-0.3, -0.25) is 14.5 Å². The molecule has 2 heterocycles. The van der Waals surface area contributed by atoms with Crippen molar-refractivity contribution in [3.63, 3.8) is 0 Å². The van der Waals surface area contributed by atoms with E-state index in [-0.39, 0.29) is 44.1 Å². The SMILES string of the molecule is CC(=O)N1CC(C(=O)N2CC(c3ccc(F)cc3)C(N(C)C(=O)N(C)c3cc(C(F)(F)F)cc(C(F)(F)F)c3)C2)C1. The van der Waals surface area contributed by atoms with E-state index in [1.165, 1.54) is 48.0 Å². The molecule has 4 amide bonds. The van der Waals surface area contributed by atoms with Crippen LogP contribution in [0.15, 0.2) is 42.5 Å². The largest absolute Gasteiger partial charge is 0.416 e. The smallest absolute Gasteiger partial charge is 0.341 e. The van der Waals surface area contributed by atoms with Gasteiger partial charge in [-0.15, -0.1) is 0 Å². The number of alkyl halides is 6. The Bertz CT molecular complexity index is 1290. The van der Waals surface area contributed by atoms with Crippen molar-refractivity contribution in [1.82, 2.24) is 14.7 Å². The van der Waals surface area contributed by atoms with Gasteiger partial charge in [0.2, 0.25) is 11.8 Å². The summed E-state index contributed by atoms with van der Waals surface area (Å²) >= 11 is 0. The minimum atomic E-state index is -5.09. The van der Waals surface area contributed by atoms with E-state index in [0.29, 0.717) is 22.6 Å². The maximum Gasteiger partial charge on any atom is 0.416 e. The van der Waals surface area contributed by atoms with Gasteiger partial charge in [0.1, 0.15) is 5.82 Å². The fourth-order valence-corrected chi connectivity index (χ4v) is 5.17. The predicted octanol–water partition coefficient (Wildman–Crippen LogP) is 4.82. The molecule has 2 fully saturated rings. The molecule has 0 bridgehead atoms. The van der Waals surface area contributed by atoms with Crippen LogP contribution in [0.5, 0.6) is 0 Å². The molecule has 0 spiro atoms. The van der Waals surface area contributed by atoms with Gasteiger partial charge >= 0.3 is 18.4 Å². The molecule has 0 aromatic heterocycles. The highest BCUT2D eigenvalue weighted by Crippen LogP contribution is 2.39. The molecule has 2 aliphatic heterocycles. The summed E-state index contributed by atoms with van der Waals surface area (Å²) in [6.45, 7) is 2.02. The third-order valence-electron chi connectivity index (χ3n) is 7.62. The number of anilines is 1. The minimum absolute atomic E-state index is 0.0178. The number of rotatable bonds is 4. The predicted molar refractivity (Wildman–Crippen MR) is 133 cm³/mol. The van der Waals surface area contributed by atoms with Gasteiger partial charge in [-0.2, -0.15) is 26.3 Å². The number of carbonyl (C=O) groups is 3. The van der Waals surface area contributed by atoms with Crippen molar-refractivity contribution in [2.45, 2.75) is 31.2 Å². The second-order valence-electron chi connectivity index (χ2n) is 10.3. The van der Waals surface area contributed by atoms with Crippen LogP contribution in [0, 0.1) is 11.7 Å². The number of carbonyl (C=O) groups excluding carboxylic acids is 3. The lowest BCUT2D eigenvalue weighted by atomic mass is 9.93. The number of likely N-dealkylation sites (tertiary alicyclic amines) is 2. The minimum Gasteiger partial charge on any atom is -0.341 e. The Morgan fingerprint density at radius 1 is 0.805 bits per heavy atom. The van der Waals surface area contributed by atoms with Gasteiger partial charge in [-0.05, 0) is 35.9 Å². The molecule has 0 N–H and O–H groups in total. The molecule has 222 valence electrons. The van der Waals surface area contributed by atoms with Gasteiger partial charge in [0.05, 0.1) is 23.1 Å². The number of benzene rings is 2. The monoisotopic (exact) mass is 588 g/mol. The molecule has 2 aromatic rings. The van der Waals surface area contributed by atoms with Crippen molar-refractivity contribution >= 4 is 23.5 Å². The van der Waals surface area contributed by atoms with Crippen LogP contribution in [0.4, 0.5) is 41.2 Å². The molecule has 2 aromatic carbocycles. The molecule has 2 atom stereocenters. The number of hydrogen-bond acceptors (Lipinski definition) is 3. The fraction of sp³-hybridized carbons (Fsp3) is 0.444. The third kappa shape index (κ3) is 6.25. The van der Waals surface area contributed by atoms with E-state index in [2.05, 4.69) is 0 Å². The van der Waals surface area contributed by atoms with E-state index in [0.717, 1.165) is 11.9 Å². The topological polar surface area (TPSA) is 64.2 Å². The number of likely N-dealkylation sites (N-methyl/N-ethyl adjacent to an activating group) is 1. The van der Waals surface area contributed by atoms with Gasteiger partial charge < -0.3 is 14.7 Å². The van der Waals surface area contributed by atoms with E-state index >= 15 is 0 Å². The molecule has 41 heavy (non-hydrogen) atoms. The second kappa shape index (κ2) is 10.9. The summed E-state index contributed by atoms with van der Waals surface area (Å²) in [7, 11) is 2.40. The molecule has 14 heteroatoms. The standard InChI is InChI=1S/C27H27F7N4O3/c1-15(39)37-11-17(12-37)24(40)38-13-22(16-4-6-20(28)7-5-16)23(14-38)36(3)25(41)35(2)21-9-18(26(29,30)31)8-19(10-21)27(32,33)34/h4-10,17,22-23H,11-14H2,1-3H3. The second-order valence-corrected chi connectivity index (χ2v) is 10.3. The normalized spacial score (nSPS) is 19.7. The Balaban J connectivity index is 1.61. The summed E-state index contributed by atoms with van der Waals surface area (Å²) in [6, 6.07) is 4.65. The first-order chi connectivity index (χ1) is 19.0. The zero-order valence-corrected chi connectivity index (χ0v) is 22.3.